The lowest BCUT2D eigenvalue weighted by atomic mass is 9.92. The highest BCUT2D eigenvalue weighted by Gasteiger charge is 2.37. The van der Waals surface area contributed by atoms with Crippen LogP contribution in [0, 0.1) is 0 Å². The molecule has 1 aromatic rings. The molecule has 0 amide bonds. The molecule has 0 heterocycles. The first-order chi connectivity index (χ1) is 7.43. The Bertz CT molecular complexity index is 349. The minimum absolute atomic E-state index is 0.0739. The third-order valence-electron chi connectivity index (χ3n) is 2.53. The highest BCUT2D eigenvalue weighted by Crippen LogP contribution is 2.20. The quantitative estimate of drug-likeness (QED) is 0.804. The second-order valence-corrected chi connectivity index (χ2v) is 4.04. The fourth-order valence-electron chi connectivity index (χ4n) is 1.43. The minimum atomic E-state index is -2.25. The van der Waals surface area contributed by atoms with E-state index in [0.717, 1.165) is 5.56 Å². The number of hydrogen-bond acceptors (Lipinski definition) is 2. The summed E-state index contributed by atoms with van der Waals surface area (Å²) in [5.41, 5.74) is -0.887. The molecule has 0 aliphatic carbocycles. The van der Waals surface area contributed by atoms with Gasteiger partial charge in [0.2, 0.25) is 6.17 Å². The molecule has 2 atom stereocenters. The fourth-order valence-corrected chi connectivity index (χ4v) is 1.43. The molecule has 1 aromatic carbocycles. The first kappa shape index (κ1) is 12.6. The molecule has 0 aliphatic rings. The predicted molar refractivity (Wildman–Crippen MR) is 57.9 cm³/mol. The summed E-state index contributed by atoms with van der Waals surface area (Å²) in [6, 6.07) is 9.24. The van der Waals surface area contributed by atoms with E-state index in [9.17, 15) is 14.3 Å². The van der Waals surface area contributed by atoms with Gasteiger partial charge in [-0.05, 0) is 25.3 Å². The summed E-state index contributed by atoms with van der Waals surface area (Å²) in [6.07, 6.45) is -1.73. The summed E-state index contributed by atoms with van der Waals surface area (Å²) in [4.78, 5) is 10.4. The predicted octanol–water partition coefficient (Wildman–Crippen LogP) is 1.79. The normalized spacial score (nSPS) is 16.4. The molecule has 16 heavy (non-hydrogen) atoms. The van der Waals surface area contributed by atoms with E-state index < -0.39 is 17.7 Å². The van der Waals surface area contributed by atoms with Gasteiger partial charge in [-0.15, -0.1) is 0 Å². The van der Waals surface area contributed by atoms with E-state index in [4.69, 9.17) is 5.11 Å². The van der Waals surface area contributed by atoms with Crippen molar-refractivity contribution in [2.75, 3.05) is 0 Å². The number of halogens is 1. The number of hydrogen-bond donors (Lipinski definition) is 2. The highest BCUT2D eigenvalue weighted by atomic mass is 19.1. The van der Waals surface area contributed by atoms with Crippen molar-refractivity contribution in [3.63, 3.8) is 0 Å². The number of carboxylic acid groups (broad SMARTS) is 1. The Balaban J connectivity index is 2.57. The van der Waals surface area contributed by atoms with Gasteiger partial charge in [0.25, 0.3) is 0 Å². The maximum atomic E-state index is 13.2. The summed E-state index contributed by atoms with van der Waals surface area (Å²) in [6.45, 7) is 1.20. The standard InChI is InChI=1S/C12H15FO3/c1-12(16,10(13)11(14)15)8-7-9-5-3-2-4-6-9/h2-6,10,16H,7-8H2,1H3,(H,14,15). The highest BCUT2D eigenvalue weighted by molar-refractivity contribution is 5.73. The van der Waals surface area contributed by atoms with Crippen LogP contribution in [0.1, 0.15) is 18.9 Å². The van der Waals surface area contributed by atoms with Crippen LogP contribution in [0.25, 0.3) is 0 Å². The maximum absolute atomic E-state index is 13.2. The van der Waals surface area contributed by atoms with E-state index in [1.807, 2.05) is 30.3 Å². The van der Waals surface area contributed by atoms with Crippen LogP contribution in [0.2, 0.25) is 0 Å². The monoisotopic (exact) mass is 226 g/mol. The molecule has 1 rings (SSSR count). The van der Waals surface area contributed by atoms with E-state index >= 15 is 0 Å². The first-order valence-electron chi connectivity index (χ1n) is 5.06. The molecule has 0 spiro atoms. The third kappa shape index (κ3) is 3.31. The molecule has 0 aliphatic heterocycles. The molecule has 3 nitrogen and oxygen atoms in total. The van der Waals surface area contributed by atoms with Crippen LogP contribution in [-0.2, 0) is 11.2 Å². The molecule has 0 saturated heterocycles. The van der Waals surface area contributed by atoms with Crippen molar-refractivity contribution in [3.05, 3.63) is 35.9 Å². The Hall–Kier alpha value is -1.42. The minimum Gasteiger partial charge on any atom is -0.479 e. The number of carbonyl (C=O) groups is 1. The number of aliphatic carboxylic acids is 1. The van der Waals surface area contributed by atoms with Crippen molar-refractivity contribution >= 4 is 5.97 Å². The smallest absolute Gasteiger partial charge is 0.341 e. The van der Waals surface area contributed by atoms with Crippen molar-refractivity contribution in [2.45, 2.75) is 31.5 Å². The molecule has 2 unspecified atom stereocenters. The summed E-state index contributed by atoms with van der Waals surface area (Å²) < 4.78 is 13.2. The van der Waals surface area contributed by atoms with Gasteiger partial charge in [-0.1, -0.05) is 30.3 Å². The Morgan fingerprint density at radius 2 is 2.00 bits per heavy atom. The molecule has 0 saturated carbocycles. The Morgan fingerprint density at radius 3 is 2.50 bits per heavy atom. The average molecular weight is 226 g/mol. The van der Waals surface area contributed by atoms with Crippen molar-refractivity contribution in [3.8, 4) is 0 Å². The van der Waals surface area contributed by atoms with Crippen molar-refractivity contribution in [2.24, 2.45) is 0 Å². The lowest BCUT2D eigenvalue weighted by Gasteiger charge is -2.24. The molecule has 0 radical (unpaired) electrons. The number of carboxylic acids is 1. The first-order valence-corrected chi connectivity index (χ1v) is 5.06. The number of aliphatic hydroxyl groups is 1. The van der Waals surface area contributed by atoms with Gasteiger partial charge in [0.15, 0.2) is 0 Å². The number of rotatable bonds is 5. The van der Waals surface area contributed by atoms with E-state index in [2.05, 4.69) is 0 Å². The molecule has 88 valence electrons. The van der Waals surface area contributed by atoms with Crippen LogP contribution in [0.4, 0.5) is 4.39 Å². The van der Waals surface area contributed by atoms with Crippen molar-refractivity contribution in [1.82, 2.24) is 0 Å². The summed E-state index contributed by atoms with van der Waals surface area (Å²) >= 11 is 0. The molecular weight excluding hydrogens is 211 g/mol. The number of aryl methyl sites for hydroxylation is 1. The van der Waals surface area contributed by atoms with Gasteiger partial charge < -0.3 is 10.2 Å². The summed E-state index contributed by atoms with van der Waals surface area (Å²) in [5, 5.41) is 18.1. The Kier molecular flexibility index (Phi) is 4.01. The van der Waals surface area contributed by atoms with Gasteiger partial charge in [0.1, 0.15) is 5.60 Å². The largest absolute Gasteiger partial charge is 0.479 e. The molecule has 2 N–H and O–H groups in total. The van der Waals surface area contributed by atoms with Gasteiger partial charge in [0, 0.05) is 0 Å². The average Bonchev–Trinajstić information content (AvgIpc) is 2.27. The second-order valence-electron chi connectivity index (χ2n) is 4.04. The van der Waals surface area contributed by atoms with Crippen LogP contribution < -0.4 is 0 Å². The van der Waals surface area contributed by atoms with Gasteiger partial charge in [-0.3, -0.25) is 0 Å². The number of alkyl halides is 1. The maximum Gasteiger partial charge on any atom is 0.341 e. The van der Waals surface area contributed by atoms with E-state index in [0.29, 0.717) is 6.42 Å². The molecule has 0 bridgehead atoms. The Morgan fingerprint density at radius 1 is 1.44 bits per heavy atom. The molecular formula is C12H15FO3. The van der Waals surface area contributed by atoms with E-state index in [-0.39, 0.29) is 6.42 Å². The van der Waals surface area contributed by atoms with E-state index in [1.54, 1.807) is 0 Å². The van der Waals surface area contributed by atoms with Gasteiger partial charge in [-0.2, -0.15) is 0 Å². The van der Waals surface area contributed by atoms with Crippen molar-refractivity contribution in [1.29, 1.82) is 0 Å². The fraction of sp³-hybridized carbons (Fsp3) is 0.417. The van der Waals surface area contributed by atoms with Crippen molar-refractivity contribution < 1.29 is 19.4 Å². The zero-order chi connectivity index (χ0) is 12.2. The van der Waals surface area contributed by atoms with Crippen LogP contribution >= 0.6 is 0 Å². The van der Waals surface area contributed by atoms with Crippen LogP contribution in [-0.4, -0.2) is 28.0 Å². The zero-order valence-corrected chi connectivity index (χ0v) is 9.06. The summed E-state index contributed by atoms with van der Waals surface area (Å²) in [5.74, 6) is -1.63. The third-order valence-corrected chi connectivity index (χ3v) is 2.53. The lowest BCUT2D eigenvalue weighted by Crippen LogP contribution is -2.42. The number of benzene rings is 1. The Labute approximate surface area is 93.5 Å². The van der Waals surface area contributed by atoms with E-state index in [1.165, 1.54) is 6.92 Å². The van der Waals surface area contributed by atoms with Crippen LogP contribution in [0.3, 0.4) is 0 Å². The topological polar surface area (TPSA) is 57.5 Å². The van der Waals surface area contributed by atoms with Crippen LogP contribution in [0.15, 0.2) is 30.3 Å². The van der Waals surface area contributed by atoms with Gasteiger partial charge >= 0.3 is 5.97 Å². The van der Waals surface area contributed by atoms with Gasteiger partial charge in [-0.25, -0.2) is 9.18 Å². The van der Waals surface area contributed by atoms with Gasteiger partial charge in [0.05, 0.1) is 0 Å². The zero-order valence-electron chi connectivity index (χ0n) is 9.06. The molecule has 0 fully saturated rings. The van der Waals surface area contributed by atoms with Crippen LogP contribution in [0.5, 0.6) is 0 Å². The summed E-state index contributed by atoms with van der Waals surface area (Å²) in [7, 11) is 0. The molecule has 0 aromatic heterocycles. The molecule has 4 heteroatoms. The second kappa shape index (κ2) is 5.07. The SMILES string of the molecule is CC(O)(CCc1ccccc1)C(F)C(=O)O. The lowest BCUT2D eigenvalue weighted by molar-refractivity contribution is -0.153.